The van der Waals surface area contributed by atoms with Crippen molar-refractivity contribution < 1.29 is 59.2 Å². The third kappa shape index (κ3) is 33.6. The van der Waals surface area contributed by atoms with Crippen molar-refractivity contribution in [1.82, 2.24) is 0 Å². The van der Waals surface area contributed by atoms with Crippen molar-refractivity contribution in [3.05, 3.63) is 0 Å². The van der Waals surface area contributed by atoms with Crippen LogP contribution in [0.4, 0.5) is 0 Å². The molecule has 0 amide bonds. The molecule has 0 spiro atoms. The van der Waals surface area contributed by atoms with Gasteiger partial charge in [-0.3, -0.25) is 14.4 Å². The van der Waals surface area contributed by atoms with E-state index in [9.17, 15) is 45.0 Å². The number of carbonyl (C=O) groups excluding carboxylic acids is 3. The molecule has 0 unspecified atom stereocenters. The van der Waals surface area contributed by atoms with E-state index in [0.29, 0.717) is 38.5 Å². The molecule has 0 aliphatic heterocycles. The van der Waals surface area contributed by atoms with E-state index in [0.717, 1.165) is 77.0 Å². The Balaban J connectivity index is 5.53. The molecule has 66 heavy (non-hydrogen) atoms. The first-order chi connectivity index (χ1) is 31.9. The second-order valence-corrected chi connectivity index (χ2v) is 19.4. The van der Waals surface area contributed by atoms with Gasteiger partial charge < -0.3 is 44.8 Å². The largest absolute Gasteiger partial charge is 0.446 e. The third-order valence-electron chi connectivity index (χ3n) is 13.0. The minimum atomic E-state index is -3.81. The topological polar surface area (TPSA) is 200 Å². The number of carbonyl (C=O) groups is 3. The SMILES string of the molecule is CCCCCCCCCCCCCCCC(=O)OC(O)(OC(=O)CCCCCCCCCCCCCCC)[C@](O)(OC(=O)CCCCCCCCCCCCCCC)[C@H](O)[C@H](O)[C@@H](O)CO. The molecule has 12 heteroatoms. The molecule has 0 aromatic rings. The second-order valence-electron chi connectivity index (χ2n) is 19.4. The Morgan fingerprint density at radius 1 is 0.364 bits per heavy atom. The van der Waals surface area contributed by atoms with Gasteiger partial charge in [0.05, 0.1) is 6.61 Å². The predicted octanol–water partition coefficient (Wildman–Crippen LogP) is 12.5. The summed E-state index contributed by atoms with van der Waals surface area (Å²) in [4.78, 5) is 39.9. The molecule has 12 nitrogen and oxygen atoms in total. The van der Waals surface area contributed by atoms with Crippen LogP contribution >= 0.6 is 0 Å². The summed E-state index contributed by atoms with van der Waals surface area (Å²) in [5.41, 5.74) is 0. The highest BCUT2D eigenvalue weighted by Crippen LogP contribution is 2.35. The van der Waals surface area contributed by atoms with Crippen molar-refractivity contribution in [2.24, 2.45) is 0 Å². The van der Waals surface area contributed by atoms with Gasteiger partial charge in [-0.15, -0.1) is 0 Å². The van der Waals surface area contributed by atoms with Gasteiger partial charge in [0, 0.05) is 19.3 Å². The van der Waals surface area contributed by atoms with Crippen molar-refractivity contribution in [2.45, 2.75) is 321 Å². The van der Waals surface area contributed by atoms with E-state index in [1.54, 1.807) is 0 Å². The zero-order valence-corrected chi connectivity index (χ0v) is 42.8. The minimum Gasteiger partial charge on any atom is -0.419 e. The van der Waals surface area contributed by atoms with Gasteiger partial charge in [0.2, 0.25) is 0 Å². The van der Waals surface area contributed by atoms with Crippen LogP contribution in [0.1, 0.15) is 290 Å². The molecule has 0 bridgehead atoms. The number of esters is 3. The fourth-order valence-electron chi connectivity index (χ4n) is 8.53. The summed E-state index contributed by atoms with van der Waals surface area (Å²) < 4.78 is 15.7. The third-order valence-corrected chi connectivity index (χ3v) is 13.0. The smallest absolute Gasteiger partial charge is 0.419 e. The zero-order chi connectivity index (χ0) is 49.0. The quantitative estimate of drug-likeness (QED) is 0.0192. The lowest BCUT2D eigenvalue weighted by Crippen LogP contribution is -2.70. The Kier molecular flexibility index (Phi) is 43.2. The monoisotopic (exact) mass is 945 g/mol. The zero-order valence-electron chi connectivity index (χ0n) is 42.8. The van der Waals surface area contributed by atoms with E-state index in [2.05, 4.69) is 20.8 Å². The van der Waals surface area contributed by atoms with Gasteiger partial charge in [-0.25, -0.2) is 0 Å². The Morgan fingerprint density at radius 2 is 0.576 bits per heavy atom. The summed E-state index contributed by atoms with van der Waals surface area (Å²) in [7, 11) is 0. The Labute approximate surface area is 403 Å². The van der Waals surface area contributed by atoms with E-state index in [-0.39, 0.29) is 19.3 Å². The average Bonchev–Trinajstić information content (AvgIpc) is 3.29. The fraction of sp³-hybridized carbons (Fsp3) is 0.944. The molecule has 0 aliphatic rings. The predicted molar refractivity (Wildman–Crippen MR) is 264 cm³/mol. The number of aliphatic hydroxyl groups excluding tert-OH is 4. The van der Waals surface area contributed by atoms with Crippen LogP contribution in [0.25, 0.3) is 0 Å². The van der Waals surface area contributed by atoms with Crippen LogP contribution in [0.2, 0.25) is 0 Å². The Morgan fingerprint density at radius 3 is 0.803 bits per heavy atom. The summed E-state index contributed by atoms with van der Waals surface area (Å²) in [6.07, 6.45) is 33.8. The summed E-state index contributed by atoms with van der Waals surface area (Å²) in [5.74, 6) is -10.9. The maximum absolute atomic E-state index is 13.3. The lowest BCUT2D eigenvalue weighted by Gasteiger charge is -2.43. The highest BCUT2D eigenvalue weighted by molar-refractivity contribution is 5.73. The van der Waals surface area contributed by atoms with E-state index < -0.39 is 54.6 Å². The number of ether oxygens (including phenoxy) is 3. The standard InChI is InChI=1S/C54H104O12/c1-4-7-10-13-16-19-22-25-28-31-34-37-40-43-48(57)64-53(62,52(61)51(60)47(56)46-55)54(63,65-49(58)44-41-38-35-32-29-26-23-20-17-14-11-8-5-2)66-50(59)45-42-39-36-33-30-27-24-21-18-15-12-9-6-3/h47,51-52,55-56,60-63H,4-46H2,1-3H3/t47-,51+,52+,53+/m0/s1. The number of hydrogen-bond acceptors (Lipinski definition) is 12. The van der Waals surface area contributed by atoms with E-state index in [1.165, 1.54) is 135 Å². The van der Waals surface area contributed by atoms with Crippen molar-refractivity contribution >= 4 is 17.9 Å². The highest BCUT2D eigenvalue weighted by atomic mass is 16.9. The first kappa shape index (κ1) is 64.2. The molecule has 0 saturated carbocycles. The van der Waals surface area contributed by atoms with Gasteiger partial charge in [0.1, 0.15) is 12.2 Å². The van der Waals surface area contributed by atoms with Gasteiger partial charge in [0.15, 0.2) is 6.10 Å². The molecule has 392 valence electrons. The molecule has 0 radical (unpaired) electrons. The summed E-state index contributed by atoms with van der Waals surface area (Å²) >= 11 is 0. The molecule has 0 heterocycles. The lowest BCUT2D eigenvalue weighted by molar-refractivity contribution is -0.465. The summed E-state index contributed by atoms with van der Waals surface area (Å²) in [6, 6.07) is 0. The van der Waals surface area contributed by atoms with Crippen molar-refractivity contribution in [3.63, 3.8) is 0 Å². The molecule has 0 aromatic heterocycles. The number of hydrogen-bond donors (Lipinski definition) is 6. The van der Waals surface area contributed by atoms with E-state index >= 15 is 0 Å². The van der Waals surface area contributed by atoms with Crippen molar-refractivity contribution in [2.75, 3.05) is 6.61 Å². The average molecular weight is 945 g/mol. The molecular weight excluding hydrogens is 841 g/mol. The number of aliphatic hydroxyl groups is 6. The van der Waals surface area contributed by atoms with Gasteiger partial charge in [-0.1, -0.05) is 252 Å². The molecule has 4 atom stereocenters. The van der Waals surface area contributed by atoms with Gasteiger partial charge >= 0.3 is 29.7 Å². The van der Waals surface area contributed by atoms with E-state index in [4.69, 9.17) is 14.2 Å². The highest BCUT2D eigenvalue weighted by Gasteiger charge is 2.67. The molecule has 0 rings (SSSR count). The first-order valence-electron chi connectivity index (χ1n) is 27.7. The van der Waals surface area contributed by atoms with Crippen molar-refractivity contribution in [3.8, 4) is 0 Å². The molecule has 0 aliphatic carbocycles. The van der Waals surface area contributed by atoms with Gasteiger partial charge in [-0.2, -0.15) is 0 Å². The molecule has 0 fully saturated rings. The van der Waals surface area contributed by atoms with Crippen LogP contribution in [-0.2, 0) is 28.6 Å². The minimum absolute atomic E-state index is 0.253. The van der Waals surface area contributed by atoms with Crippen LogP contribution < -0.4 is 0 Å². The number of rotatable bonds is 50. The summed E-state index contributed by atoms with van der Waals surface area (Å²) in [5, 5.41) is 65.5. The van der Waals surface area contributed by atoms with Crippen LogP contribution in [0.3, 0.4) is 0 Å². The van der Waals surface area contributed by atoms with E-state index in [1.807, 2.05) is 0 Å². The Bertz CT molecular complexity index is 1080. The fourth-order valence-corrected chi connectivity index (χ4v) is 8.53. The molecule has 0 saturated heterocycles. The van der Waals surface area contributed by atoms with Crippen LogP contribution in [-0.4, -0.2) is 85.2 Å². The maximum Gasteiger partial charge on any atom is 0.446 e. The second kappa shape index (κ2) is 44.4. The first-order valence-corrected chi connectivity index (χ1v) is 27.7. The Hall–Kier alpha value is -1.83. The van der Waals surface area contributed by atoms with Crippen molar-refractivity contribution in [1.29, 1.82) is 0 Å². The lowest BCUT2D eigenvalue weighted by atomic mass is 9.97. The van der Waals surface area contributed by atoms with Crippen LogP contribution in [0.15, 0.2) is 0 Å². The van der Waals surface area contributed by atoms with Crippen LogP contribution in [0.5, 0.6) is 0 Å². The van der Waals surface area contributed by atoms with Gasteiger partial charge in [-0.05, 0) is 19.3 Å². The normalized spacial score (nSPS) is 14.1. The molecular formula is C54H104O12. The molecule has 0 aromatic carbocycles. The number of unbranched alkanes of at least 4 members (excludes halogenated alkanes) is 36. The van der Waals surface area contributed by atoms with Crippen LogP contribution in [0, 0.1) is 0 Å². The van der Waals surface area contributed by atoms with Gasteiger partial charge in [0.25, 0.3) is 0 Å². The molecule has 6 N–H and O–H groups in total. The summed E-state index contributed by atoms with van der Waals surface area (Å²) in [6.45, 7) is 5.56. The maximum atomic E-state index is 13.3.